The number of imidazole rings is 1. The number of hydrogen-bond donors (Lipinski definition) is 2. The van der Waals surface area contributed by atoms with E-state index in [1.807, 2.05) is 10.8 Å². The van der Waals surface area contributed by atoms with Crippen molar-refractivity contribution in [2.45, 2.75) is 25.9 Å². The van der Waals surface area contributed by atoms with Crippen LogP contribution >= 0.6 is 0 Å². The van der Waals surface area contributed by atoms with Crippen molar-refractivity contribution in [2.24, 2.45) is 5.73 Å². The molecule has 0 aromatic carbocycles. The maximum Gasteiger partial charge on any atom is 0.236 e. The van der Waals surface area contributed by atoms with Crippen LogP contribution in [-0.2, 0) is 11.3 Å². The topological polar surface area (TPSA) is 72.9 Å². The molecule has 0 radical (unpaired) electrons. The Morgan fingerprint density at radius 1 is 1.71 bits per heavy atom. The SMILES string of the molecule is C[C@@H](N)C(=O)NCCCn1ccnc1. The second-order valence-electron chi connectivity index (χ2n) is 3.23. The molecule has 1 heterocycles. The first kappa shape index (κ1) is 10.7. The molecule has 0 saturated heterocycles. The van der Waals surface area contributed by atoms with Gasteiger partial charge in [-0.1, -0.05) is 0 Å². The second-order valence-corrected chi connectivity index (χ2v) is 3.23. The Labute approximate surface area is 83.3 Å². The van der Waals surface area contributed by atoms with Gasteiger partial charge in [0.15, 0.2) is 0 Å². The van der Waals surface area contributed by atoms with E-state index in [9.17, 15) is 4.79 Å². The molecule has 1 aromatic heterocycles. The van der Waals surface area contributed by atoms with Gasteiger partial charge < -0.3 is 15.6 Å². The Balaban J connectivity index is 2.08. The highest BCUT2D eigenvalue weighted by Crippen LogP contribution is 1.89. The van der Waals surface area contributed by atoms with Crippen LogP contribution in [0.4, 0.5) is 0 Å². The number of nitrogens with one attached hydrogen (secondary N) is 1. The van der Waals surface area contributed by atoms with Crippen LogP contribution in [0.3, 0.4) is 0 Å². The van der Waals surface area contributed by atoms with E-state index in [0.717, 1.165) is 13.0 Å². The van der Waals surface area contributed by atoms with Crippen LogP contribution in [-0.4, -0.2) is 28.0 Å². The van der Waals surface area contributed by atoms with E-state index in [2.05, 4.69) is 10.3 Å². The molecule has 0 saturated carbocycles. The summed E-state index contributed by atoms with van der Waals surface area (Å²) >= 11 is 0. The molecule has 5 heteroatoms. The number of carbonyl (C=O) groups is 1. The molecule has 1 rings (SSSR count). The molecule has 0 aliphatic heterocycles. The van der Waals surface area contributed by atoms with Gasteiger partial charge in [-0.05, 0) is 13.3 Å². The Bertz CT molecular complexity index is 268. The summed E-state index contributed by atoms with van der Waals surface area (Å²) in [7, 11) is 0. The molecule has 1 amide bonds. The molecule has 5 nitrogen and oxygen atoms in total. The van der Waals surface area contributed by atoms with E-state index in [4.69, 9.17) is 5.73 Å². The number of rotatable bonds is 5. The van der Waals surface area contributed by atoms with Crippen molar-refractivity contribution in [3.63, 3.8) is 0 Å². The molecule has 3 N–H and O–H groups in total. The summed E-state index contributed by atoms with van der Waals surface area (Å²) in [4.78, 5) is 15.0. The lowest BCUT2D eigenvalue weighted by atomic mass is 10.3. The minimum absolute atomic E-state index is 0.101. The van der Waals surface area contributed by atoms with Crippen molar-refractivity contribution in [1.29, 1.82) is 0 Å². The molecule has 14 heavy (non-hydrogen) atoms. The van der Waals surface area contributed by atoms with E-state index >= 15 is 0 Å². The number of nitrogens with two attached hydrogens (primary N) is 1. The van der Waals surface area contributed by atoms with Crippen molar-refractivity contribution < 1.29 is 4.79 Å². The minimum Gasteiger partial charge on any atom is -0.355 e. The number of amides is 1. The van der Waals surface area contributed by atoms with Gasteiger partial charge in [-0.15, -0.1) is 0 Å². The normalized spacial score (nSPS) is 12.4. The van der Waals surface area contributed by atoms with Crippen LogP contribution in [0.2, 0.25) is 0 Å². The van der Waals surface area contributed by atoms with Gasteiger partial charge in [-0.2, -0.15) is 0 Å². The van der Waals surface area contributed by atoms with Gasteiger partial charge in [0.25, 0.3) is 0 Å². The first-order valence-corrected chi connectivity index (χ1v) is 4.69. The second kappa shape index (κ2) is 5.39. The molecular formula is C9H16N4O. The third kappa shape index (κ3) is 3.57. The highest BCUT2D eigenvalue weighted by Gasteiger charge is 2.04. The fraction of sp³-hybridized carbons (Fsp3) is 0.556. The van der Waals surface area contributed by atoms with Crippen LogP contribution in [0.15, 0.2) is 18.7 Å². The van der Waals surface area contributed by atoms with Gasteiger partial charge in [-0.25, -0.2) is 4.98 Å². The smallest absolute Gasteiger partial charge is 0.236 e. The van der Waals surface area contributed by atoms with E-state index in [1.165, 1.54) is 0 Å². The predicted molar refractivity (Wildman–Crippen MR) is 53.5 cm³/mol. The summed E-state index contributed by atoms with van der Waals surface area (Å²) < 4.78 is 1.97. The summed E-state index contributed by atoms with van der Waals surface area (Å²) in [6.07, 6.45) is 6.27. The molecule has 0 bridgehead atoms. The summed E-state index contributed by atoms with van der Waals surface area (Å²) in [6, 6.07) is -0.428. The Hall–Kier alpha value is -1.36. The quantitative estimate of drug-likeness (QED) is 0.637. The zero-order valence-corrected chi connectivity index (χ0v) is 8.31. The van der Waals surface area contributed by atoms with Gasteiger partial charge in [0.1, 0.15) is 0 Å². The largest absolute Gasteiger partial charge is 0.355 e. The standard InChI is InChI=1S/C9H16N4O/c1-8(10)9(14)12-3-2-5-13-6-4-11-7-13/h4,6-8H,2-3,5,10H2,1H3,(H,12,14)/t8-/m1/s1. The third-order valence-electron chi connectivity index (χ3n) is 1.87. The molecule has 78 valence electrons. The minimum atomic E-state index is -0.428. The van der Waals surface area contributed by atoms with Crippen LogP contribution in [0.1, 0.15) is 13.3 Å². The van der Waals surface area contributed by atoms with Crippen LogP contribution in [0.25, 0.3) is 0 Å². The fourth-order valence-corrected chi connectivity index (χ4v) is 1.05. The maximum atomic E-state index is 11.0. The number of nitrogens with zero attached hydrogens (tertiary/aromatic N) is 2. The summed E-state index contributed by atoms with van der Waals surface area (Å²) in [5.74, 6) is -0.101. The number of carbonyl (C=O) groups excluding carboxylic acids is 1. The number of aryl methyl sites for hydroxylation is 1. The van der Waals surface area contributed by atoms with Gasteiger partial charge in [0.05, 0.1) is 12.4 Å². The molecule has 0 aliphatic carbocycles. The fourth-order valence-electron chi connectivity index (χ4n) is 1.05. The summed E-state index contributed by atoms with van der Waals surface area (Å²) in [5, 5.41) is 2.75. The van der Waals surface area contributed by atoms with Crippen molar-refractivity contribution in [2.75, 3.05) is 6.54 Å². The average Bonchev–Trinajstić information content (AvgIpc) is 2.64. The molecule has 0 aliphatic rings. The zero-order chi connectivity index (χ0) is 10.4. The summed E-state index contributed by atoms with van der Waals surface area (Å²) in [6.45, 7) is 3.18. The van der Waals surface area contributed by atoms with Gasteiger partial charge in [-0.3, -0.25) is 4.79 Å². The molecule has 1 atom stereocenters. The molecular weight excluding hydrogens is 180 g/mol. The highest BCUT2D eigenvalue weighted by atomic mass is 16.2. The van der Waals surface area contributed by atoms with Crippen LogP contribution in [0, 0.1) is 0 Å². The number of hydrogen-bond acceptors (Lipinski definition) is 3. The first-order valence-electron chi connectivity index (χ1n) is 4.69. The zero-order valence-electron chi connectivity index (χ0n) is 8.31. The lowest BCUT2D eigenvalue weighted by molar-refractivity contribution is -0.121. The van der Waals surface area contributed by atoms with Gasteiger partial charge >= 0.3 is 0 Å². The van der Waals surface area contributed by atoms with E-state index in [-0.39, 0.29) is 5.91 Å². The highest BCUT2D eigenvalue weighted by molar-refractivity contribution is 5.80. The molecule has 1 aromatic rings. The maximum absolute atomic E-state index is 11.0. The Morgan fingerprint density at radius 2 is 2.50 bits per heavy atom. The van der Waals surface area contributed by atoms with E-state index in [0.29, 0.717) is 6.54 Å². The lowest BCUT2D eigenvalue weighted by Crippen LogP contribution is -2.38. The first-order chi connectivity index (χ1) is 6.70. The van der Waals surface area contributed by atoms with Crippen molar-refractivity contribution in [3.8, 4) is 0 Å². The van der Waals surface area contributed by atoms with Gasteiger partial charge in [0, 0.05) is 25.5 Å². The van der Waals surface area contributed by atoms with Gasteiger partial charge in [0.2, 0.25) is 5.91 Å². The summed E-state index contributed by atoms with van der Waals surface area (Å²) in [5.41, 5.74) is 5.39. The lowest BCUT2D eigenvalue weighted by Gasteiger charge is -2.07. The van der Waals surface area contributed by atoms with Crippen molar-refractivity contribution >= 4 is 5.91 Å². The Kier molecular flexibility index (Phi) is 4.12. The monoisotopic (exact) mass is 196 g/mol. The Morgan fingerprint density at radius 3 is 3.07 bits per heavy atom. The van der Waals surface area contributed by atoms with E-state index in [1.54, 1.807) is 19.4 Å². The average molecular weight is 196 g/mol. The number of aromatic nitrogens is 2. The third-order valence-corrected chi connectivity index (χ3v) is 1.87. The van der Waals surface area contributed by atoms with E-state index < -0.39 is 6.04 Å². The van der Waals surface area contributed by atoms with Crippen LogP contribution in [0.5, 0.6) is 0 Å². The van der Waals surface area contributed by atoms with Crippen molar-refractivity contribution in [3.05, 3.63) is 18.7 Å². The van der Waals surface area contributed by atoms with Crippen LogP contribution < -0.4 is 11.1 Å². The van der Waals surface area contributed by atoms with Crippen molar-refractivity contribution in [1.82, 2.24) is 14.9 Å². The molecule has 0 unspecified atom stereocenters. The molecule has 0 spiro atoms. The molecule has 0 fully saturated rings. The predicted octanol–water partition coefficient (Wildman–Crippen LogP) is -0.263.